The molecule has 0 radical (unpaired) electrons. The second kappa shape index (κ2) is 5.68. The van der Waals surface area contributed by atoms with Crippen molar-refractivity contribution in [2.45, 2.75) is 36.0 Å². The second-order valence-electron chi connectivity index (χ2n) is 3.76. The summed E-state index contributed by atoms with van der Waals surface area (Å²) < 4.78 is 153. The zero-order valence-electron chi connectivity index (χ0n) is 9.71. The van der Waals surface area contributed by atoms with Crippen molar-refractivity contribution in [1.82, 2.24) is 0 Å². The fourth-order valence-corrected chi connectivity index (χ4v) is 1.00. The van der Waals surface area contributed by atoms with Crippen molar-refractivity contribution in [3.8, 4) is 0 Å². The van der Waals surface area contributed by atoms with Crippen molar-refractivity contribution in [3.63, 3.8) is 0 Å². The number of rotatable bonds is 8. The molecule has 2 nitrogen and oxygen atoms in total. The molecule has 0 aromatic heterocycles. The molecule has 0 unspecified atom stereocenters. The van der Waals surface area contributed by atoms with Crippen LogP contribution in [-0.4, -0.2) is 49.1 Å². The minimum absolute atomic E-state index is 0.950. The summed E-state index contributed by atoms with van der Waals surface area (Å²) in [5.74, 6) is -35.7. The van der Waals surface area contributed by atoms with Gasteiger partial charge in [0.1, 0.15) is 0 Å². The highest BCUT2D eigenvalue weighted by Crippen LogP contribution is 2.58. The number of carbonyl (C=O) groups is 1. The van der Waals surface area contributed by atoms with E-state index in [9.17, 15) is 57.5 Å². The maximum absolute atomic E-state index is 12.8. The lowest BCUT2D eigenvalue weighted by Gasteiger charge is -2.38. The third-order valence-electron chi connectivity index (χ3n) is 2.27. The van der Waals surface area contributed by atoms with Gasteiger partial charge in [0.25, 0.3) is 6.47 Å². The maximum atomic E-state index is 12.8. The molecule has 0 spiro atoms. The lowest BCUT2D eigenvalue weighted by molar-refractivity contribution is -0.414. The monoisotopic (exact) mass is 360 g/mol. The minimum Gasteiger partial charge on any atom is -0.461 e. The largest absolute Gasteiger partial charge is 0.461 e. The van der Waals surface area contributed by atoms with E-state index in [0.717, 1.165) is 0 Å². The van der Waals surface area contributed by atoms with Crippen molar-refractivity contribution in [2.24, 2.45) is 0 Å². The SMILES string of the molecule is O=COCC(F)(F)C(F)(F)C(F)(F)C(F)(F)C(F)(F)C(F)F. The topological polar surface area (TPSA) is 26.3 Å². The molecule has 0 aromatic rings. The lowest BCUT2D eigenvalue weighted by atomic mass is 9.95. The van der Waals surface area contributed by atoms with Crippen LogP contribution >= 0.6 is 0 Å². The molecule has 22 heavy (non-hydrogen) atoms. The maximum Gasteiger partial charge on any atom is 0.384 e. The Balaban J connectivity index is 5.93. The molecule has 0 N–H and O–H groups in total. The van der Waals surface area contributed by atoms with Gasteiger partial charge in [-0.2, -0.15) is 43.9 Å². The van der Waals surface area contributed by atoms with Crippen molar-refractivity contribution in [3.05, 3.63) is 0 Å². The van der Waals surface area contributed by atoms with Gasteiger partial charge in [-0.05, 0) is 0 Å². The van der Waals surface area contributed by atoms with E-state index in [0.29, 0.717) is 0 Å². The molecule has 0 aliphatic heterocycles. The fraction of sp³-hybridized carbons (Fsp3) is 0.875. The number of hydrogen-bond donors (Lipinski definition) is 0. The molecular weight excluding hydrogens is 356 g/mol. The first-order chi connectivity index (χ1) is 9.50. The van der Waals surface area contributed by atoms with Crippen LogP contribution in [0.25, 0.3) is 0 Å². The molecule has 0 amide bonds. The molecule has 0 saturated carbocycles. The van der Waals surface area contributed by atoms with E-state index in [2.05, 4.69) is 4.74 Å². The molecule has 0 atom stereocenters. The lowest BCUT2D eigenvalue weighted by Crippen LogP contribution is -2.69. The van der Waals surface area contributed by atoms with Crippen molar-refractivity contribution in [2.75, 3.05) is 6.61 Å². The Bertz CT molecular complexity index is 404. The number of alkyl halides is 12. The zero-order chi connectivity index (χ0) is 18.2. The Hall–Kier alpha value is -1.37. The van der Waals surface area contributed by atoms with Gasteiger partial charge in [-0.1, -0.05) is 0 Å². The third kappa shape index (κ3) is 2.78. The van der Waals surface area contributed by atoms with Gasteiger partial charge < -0.3 is 4.74 Å². The Morgan fingerprint density at radius 1 is 0.773 bits per heavy atom. The van der Waals surface area contributed by atoms with E-state index in [1.165, 1.54) is 0 Å². The van der Waals surface area contributed by atoms with E-state index in [1.807, 2.05) is 0 Å². The van der Waals surface area contributed by atoms with Crippen LogP contribution in [0.1, 0.15) is 0 Å². The van der Waals surface area contributed by atoms with E-state index in [4.69, 9.17) is 0 Å². The Kier molecular flexibility index (Phi) is 5.33. The first-order valence-electron chi connectivity index (χ1n) is 4.73. The number of halogens is 12. The summed E-state index contributed by atoms with van der Waals surface area (Å²) in [6, 6.07) is 0. The van der Waals surface area contributed by atoms with E-state index >= 15 is 0 Å². The van der Waals surface area contributed by atoms with Gasteiger partial charge in [0.15, 0.2) is 6.61 Å². The smallest absolute Gasteiger partial charge is 0.384 e. The van der Waals surface area contributed by atoms with E-state index < -0.39 is 49.1 Å². The number of hydrogen-bond acceptors (Lipinski definition) is 2. The highest BCUT2D eigenvalue weighted by molar-refractivity contribution is 5.37. The average molecular weight is 360 g/mol. The van der Waals surface area contributed by atoms with Gasteiger partial charge in [-0.3, -0.25) is 4.79 Å². The summed E-state index contributed by atoms with van der Waals surface area (Å²) in [4.78, 5) is 9.52. The van der Waals surface area contributed by atoms with Gasteiger partial charge in [-0.25, -0.2) is 8.78 Å². The summed E-state index contributed by atoms with van der Waals surface area (Å²) in [7, 11) is 0. The molecule has 0 aliphatic carbocycles. The standard InChI is InChI=1S/C8H4F12O2/c9-3(10)5(13,14)7(17,18)8(19,20)6(15,16)4(11,12)1-22-2-21/h2-3H,1H2. The molecule has 0 bridgehead atoms. The second-order valence-corrected chi connectivity index (χ2v) is 3.76. The van der Waals surface area contributed by atoms with Crippen LogP contribution in [0.4, 0.5) is 52.7 Å². The van der Waals surface area contributed by atoms with Crippen molar-refractivity contribution in [1.29, 1.82) is 0 Å². The average Bonchev–Trinajstić information content (AvgIpc) is 2.35. The van der Waals surface area contributed by atoms with Crippen LogP contribution in [0.15, 0.2) is 0 Å². The highest BCUT2D eigenvalue weighted by Gasteiger charge is 2.87. The van der Waals surface area contributed by atoms with Crippen LogP contribution in [-0.2, 0) is 9.53 Å². The summed E-state index contributed by atoms with van der Waals surface area (Å²) in [5.41, 5.74) is 0. The summed E-state index contributed by atoms with van der Waals surface area (Å²) in [6.07, 6.45) is -5.55. The molecule has 14 heteroatoms. The molecular formula is C8H4F12O2. The number of ether oxygens (including phenoxy) is 1. The van der Waals surface area contributed by atoms with Gasteiger partial charge >= 0.3 is 36.0 Å². The summed E-state index contributed by atoms with van der Waals surface area (Å²) in [6.45, 7) is -3.83. The summed E-state index contributed by atoms with van der Waals surface area (Å²) in [5, 5.41) is 0. The molecule has 132 valence electrons. The van der Waals surface area contributed by atoms with Crippen LogP contribution in [0.2, 0.25) is 0 Å². The van der Waals surface area contributed by atoms with Gasteiger partial charge in [0.2, 0.25) is 0 Å². The predicted octanol–water partition coefficient (Wildman–Crippen LogP) is 3.60. The molecule has 0 aliphatic rings. The number of carbonyl (C=O) groups excluding carboxylic acids is 1. The first-order valence-corrected chi connectivity index (χ1v) is 4.73. The molecule has 0 aromatic carbocycles. The molecule has 0 rings (SSSR count). The van der Waals surface area contributed by atoms with Gasteiger partial charge in [0.05, 0.1) is 0 Å². The van der Waals surface area contributed by atoms with E-state index in [-0.39, 0.29) is 0 Å². The Morgan fingerprint density at radius 2 is 1.18 bits per heavy atom. The quantitative estimate of drug-likeness (QED) is 0.489. The third-order valence-corrected chi connectivity index (χ3v) is 2.27. The molecule has 0 saturated heterocycles. The van der Waals surface area contributed by atoms with E-state index in [1.54, 1.807) is 0 Å². The predicted molar refractivity (Wildman–Crippen MR) is 42.8 cm³/mol. The van der Waals surface area contributed by atoms with Crippen LogP contribution < -0.4 is 0 Å². The van der Waals surface area contributed by atoms with Gasteiger partial charge in [-0.15, -0.1) is 0 Å². The minimum atomic E-state index is -7.60. The normalized spacial score (nSPS) is 15.1. The first kappa shape index (κ1) is 20.6. The van der Waals surface area contributed by atoms with Crippen molar-refractivity contribution >= 4 is 6.47 Å². The van der Waals surface area contributed by atoms with Crippen molar-refractivity contribution < 1.29 is 62.2 Å². The Morgan fingerprint density at radius 3 is 1.50 bits per heavy atom. The molecule has 0 heterocycles. The molecule has 0 fully saturated rings. The fourth-order valence-electron chi connectivity index (χ4n) is 1.00. The zero-order valence-corrected chi connectivity index (χ0v) is 9.71. The van der Waals surface area contributed by atoms with Crippen LogP contribution in [0, 0.1) is 0 Å². The van der Waals surface area contributed by atoms with Crippen LogP contribution in [0.3, 0.4) is 0 Å². The van der Waals surface area contributed by atoms with Crippen LogP contribution in [0.5, 0.6) is 0 Å². The summed E-state index contributed by atoms with van der Waals surface area (Å²) >= 11 is 0. The van der Waals surface area contributed by atoms with Gasteiger partial charge in [0, 0.05) is 0 Å². The highest BCUT2D eigenvalue weighted by atomic mass is 19.4. The Labute approximate surface area is 113 Å².